The highest BCUT2D eigenvalue weighted by molar-refractivity contribution is 5.61. The van der Waals surface area contributed by atoms with Gasteiger partial charge in [-0.15, -0.1) is 0 Å². The zero-order valence-electron chi connectivity index (χ0n) is 11.1. The van der Waals surface area contributed by atoms with Gasteiger partial charge >= 0.3 is 0 Å². The predicted molar refractivity (Wildman–Crippen MR) is 71.4 cm³/mol. The average molecular weight is 251 g/mol. The van der Waals surface area contributed by atoms with Crippen LogP contribution in [0.1, 0.15) is 12.0 Å². The number of hydrogen-bond acceptors (Lipinski definition) is 4. The number of anilines is 1. The van der Waals surface area contributed by atoms with Crippen molar-refractivity contribution < 1.29 is 14.6 Å². The number of hydrogen-bond donors (Lipinski definition) is 1. The molecule has 4 heteroatoms. The summed E-state index contributed by atoms with van der Waals surface area (Å²) in [7, 11) is 1.69. The molecular formula is C14H21NO3. The second-order valence-corrected chi connectivity index (χ2v) is 4.61. The summed E-state index contributed by atoms with van der Waals surface area (Å²) in [6.45, 7) is 4.48. The second-order valence-electron chi connectivity index (χ2n) is 4.61. The lowest BCUT2D eigenvalue weighted by atomic mass is 10.1. The average Bonchev–Trinajstić information content (AvgIpc) is 2.40. The zero-order valence-corrected chi connectivity index (χ0v) is 11.1. The molecule has 1 aromatic rings. The summed E-state index contributed by atoms with van der Waals surface area (Å²) < 4.78 is 10.9. The number of aliphatic hydroxyl groups is 1. The molecule has 0 spiro atoms. The number of morpholine rings is 1. The van der Waals surface area contributed by atoms with E-state index in [0.717, 1.165) is 31.0 Å². The minimum absolute atomic E-state index is 0.179. The van der Waals surface area contributed by atoms with Crippen LogP contribution in [0.4, 0.5) is 5.69 Å². The Hall–Kier alpha value is -1.26. The molecule has 1 aromatic carbocycles. The molecule has 1 heterocycles. The smallest absolute Gasteiger partial charge is 0.142 e. The molecule has 0 amide bonds. The summed E-state index contributed by atoms with van der Waals surface area (Å²) in [5, 5.41) is 9.15. The van der Waals surface area contributed by atoms with Gasteiger partial charge in [-0.05, 0) is 31.0 Å². The van der Waals surface area contributed by atoms with Gasteiger partial charge in [-0.3, -0.25) is 0 Å². The van der Waals surface area contributed by atoms with E-state index in [1.807, 2.05) is 12.1 Å². The zero-order chi connectivity index (χ0) is 13.0. The van der Waals surface area contributed by atoms with Crippen LogP contribution in [-0.2, 0) is 4.74 Å². The maximum atomic E-state index is 9.15. The monoisotopic (exact) mass is 251 g/mol. The lowest BCUT2D eigenvalue weighted by molar-refractivity contribution is 0.0847. The molecule has 0 radical (unpaired) electrons. The molecule has 1 atom stereocenters. The summed E-state index contributed by atoms with van der Waals surface area (Å²) in [6, 6.07) is 6.40. The molecule has 1 aliphatic heterocycles. The fourth-order valence-corrected chi connectivity index (χ4v) is 2.38. The van der Waals surface area contributed by atoms with Crippen molar-refractivity contribution in [3.05, 3.63) is 23.8 Å². The van der Waals surface area contributed by atoms with E-state index >= 15 is 0 Å². The van der Waals surface area contributed by atoms with Gasteiger partial charge in [0.2, 0.25) is 0 Å². The maximum absolute atomic E-state index is 9.15. The number of methoxy groups -OCH3 is 1. The normalized spacial score (nSPS) is 19.9. The lowest BCUT2D eigenvalue weighted by Gasteiger charge is -2.38. The summed E-state index contributed by atoms with van der Waals surface area (Å²) in [5.74, 6) is 0.880. The van der Waals surface area contributed by atoms with E-state index in [9.17, 15) is 0 Å². The highest BCUT2D eigenvalue weighted by Gasteiger charge is 2.25. The van der Waals surface area contributed by atoms with Crippen LogP contribution >= 0.6 is 0 Å². The molecule has 1 aliphatic rings. The van der Waals surface area contributed by atoms with Gasteiger partial charge in [-0.2, -0.15) is 0 Å². The van der Waals surface area contributed by atoms with Crippen LogP contribution in [0.15, 0.2) is 18.2 Å². The fraction of sp³-hybridized carbons (Fsp3) is 0.571. The topological polar surface area (TPSA) is 41.9 Å². The molecular weight excluding hydrogens is 230 g/mol. The van der Waals surface area contributed by atoms with E-state index in [-0.39, 0.29) is 12.6 Å². The minimum atomic E-state index is 0.179. The van der Waals surface area contributed by atoms with Crippen molar-refractivity contribution in [2.24, 2.45) is 0 Å². The van der Waals surface area contributed by atoms with Gasteiger partial charge in [0, 0.05) is 13.2 Å². The van der Waals surface area contributed by atoms with Crippen molar-refractivity contribution in [3.63, 3.8) is 0 Å². The maximum Gasteiger partial charge on any atom is 0.142 e. The summed E-state index contributed by atoms with van der Waals surface area (Å²) in [4.78, 5) is 2.28. The largest absolute Gasteiger partial charge is 0.495 e. The van der Waals surface area contributed by atoms with E-state index in [1.165, 1.54) is 5.56 Å². The second kappa shape index (κ2) is 6.07. The van der Waals surface area contributed by atoms with Crippen LogP contribution in [0, 0.1) is 6.92 Å². The molecule has 1 saturated heterocycles. The summed E-state index contributed by atoms with van der Waals surface area (Å²) in [5.41, 5.74) is 2.30. The van der Waals surface area contributed by atoms with Gasteiger partial charge in [0.1, 0.15) is 5.75 Å². The van der Waals surface area contributed by atoms with E-state index in [2.05, 4.69) is 17.9 Å². The molecule has 1 fully saturated rings. The first kappa shape index (κ1) is 13.2. The Bertz CT molecular complexity index is 393. The van der Waals surface area contributed by atoms with Crippen molar-refractivity contribution >= 4 is 5.69 Å². The number of aryl methyl sites for hydroxylation is 1. The highest BCUT2D eigenvalue weighted by atomic mass is 16.5. The van der Waals surface area contributed by atoms with Crippen molar-refractivity contribution in [1.82, 2.24) is 0 Å². The number of benzene rings is 1. The lowest BCUT2D eigenvalue weighted by Crippen LogP contribution is -2.46. The Morgan fingerprint density at radius 2 is 2.33 bits per heavy atom. The number of rotatable bonds is 4. The van der Waals surface area contributed by atoms with Gasteiger partial charge in [0.05, 0.1) is 32.1 Å². The van der Waals surface area contributed by atoms with E-state index in [1.54, 1.807) is 7.11 Å². The van der Waals surface area contributed by atoms with Crippen LogP contribution in [0.5, 0.6) is 5.75 Å². The first-order valence-corrected chi connectivity index (χ1v) is 6.36. The summed E-state index contributed by atoms with van der Waals surface area (Å²) >= 11 is 0. The minimum Gasteiger partial charge on any atom is -0.495 e. The Morgan fingerprint density at radius 1 is 1.50 bits per heavy atom. The van der Waals surface area contributed by atoms with E-state index in [4.69, 9.17) is 14.6 Å². The van der Waals surface area contributed by atoms with E-state index in [0.29, 0.717) is 6.61 Å². The van der Waals surface area contributed by atoms with Crippen LogP contribution in [0.2, 0.25) is 0 Å². The van der Waals surface area contributed by atoms with E-state index < -0.39 is 0 Å². The highest BCUT2D eigenvalue weighted by Crippen LogP contribution is 2.32. The third kappa shape index (κ3) is 2.76. The molecule has 0 bridgehead atoms. The van der Waals surface area contributed by atoms with Crippen molar-refractivity contribution in [1.29, 1.82) is 0 Å². The number of nitrogens with zero attached hydrogens (tertiary/aromatic N) is 1. The number of ether oxygens (including phenoxy) is 2. The van der Waals surface area contributed by atoms with Gasteiger partial charge in [-0.25, -0.2) is 0 Å². The van der Waals surface area contributed by atoms with Gasteiger partial charge in [0.15, 0.2) is 0 Å². The molecule has 2 rings (SSSR count). The molecule has 0 saturated carbocycles. The third-order valence-electron chi connectivity index (χ3n) is 3.33. The molecule has 1 unspecified atom stereocenters. The predicted octanol–water partition coefficient (Wildman–Crippen LogP) is 1.59. The quantitative estimate of drug-likeness (QED) is 0.882. The third-order valence-corrected chi connectivity index (χ3v) is 3.33. The SMILES string of the molecule is COc1ccc(C)cc1N1CCOCC1CCO. The fourth-order valence-electron chi connectivity index (χ4n) is 2.38. The van der Waals surface area contributed by atoms with Gasteiger partial charge in [-0.1, -0.05) is 6.07 Å². The van der Waals surface area contributed by atoms with Crippen LogP contribution in [-0.4, -0.2) is 44.6 Å². The van der Waals surface area contributed by atoms with Gasteiger partial charge < -0.3 is 19.5 Å². The Morgan fingerprint density at radius 3 is 3.06 bits per heavy atom. The standard InChI is InChI=1S/C14H21NO3/c1-11-3-4-14(17-2)13(9-11)15-6-8-18-10-12(15)5-7-16/h3-4,9,12,16H,5-8,10H2,1-2H3. The first-order valence-electron chi connectivity index (χ1n) is 6.36. The molecule has 1 N–H and O–H groups in total. The van der Waals surface area contributed by atoms with Crippen molar-refractivity contribution in [2.45, 2.75) is 19.4 Å². The number of aliphatic hydroxyl groups excluding tert-OH is 1. The molecule has 0 aromatic heterocycles. The van der Waals surface area contributed by atoms with Gasteiger partial charge in [0.25, 0.3) is 0 Å². The van der Waals surface area contributed by atoms with Crippen molar-refractivity contribution in [2.75, 3.05) is 38.4 Å². The first-order chi connectivity index (χ1) is 8.76. The summed E-state index contributed by atoms with van der Waals surface area (Å²) in [6.07, 6.45) is 0.719. The van der Waals surface area contributed by atoms with Crippen LogP contribution in [0.3, 0.4) is 0 Å². The van der Waals surface area contributed by atoms with Crippen LogP contribution < -0.4 is 9.64 Å². The molecule has 0 aliphatic carbocycles. The Labute approximate surface area is 108 Å². The van der Waals surface area contributed by atoms with Crippen molar-refractivity contribution in [3.8, 4) is 5.75 Å². The molecule has 100 valence electrons. The van der Waals surface area contributed by atoms with Crippen LogP contribution in [0.25, 0.3) is 0 Å². The Balaban J connectivity index is 2.29. The Kier molecular flexibility index (Phi) is 4.44. The molecule has 18 heavy (non-hydrogen) atoms. The molecule has 4 nitrogen and oxygen atoms in total.